The number of nitrogens with zero attached hydrogens (tertiary/aromatic N) is 1. The molecule has 0 amide bonds. The monoisotopic (exact) mass is 229 g/mol. The van der Waals surface area contributed by atoms with Crippen LogP contribution in [0.5, 0.6) is 0 Å². The van der Waals surface area contributed by atoms with Gasteiger partial charge in [0.25, 0.3) is 0 Å². The lowest BCUT2D eigenvalue weighted by Crippen LogP contribution is -2.45. The number of alkyl halides is 1. The van der Waals surface area contributed by atoms with E-state index >= 15 is 0 Å². The highest BCUT2D eigenvalue weighted by atomic mass is 19.1. The van der Waals surface area contributed by atoms with Gasteiger partial charge in [0.1, 0.15) is 6.17 Å². The molecular weight excluding hydrogens is 205 g/mol. The van der Waals surface area contributed by atoms with Gasteiger partial charge in [-0.3, -0.25) is 0 Å². The van der Waals surface area contributed by atoms with Gasteiger partial charge >= 0.3 is 0 Å². The summed E-state index contributed by atoms with van der Waals surface area (Å²) in [6, 6.07) is 0. The van der Waals surface area contributed by atoms with E-state index in [4.69, 9.17) is 4.74 Å². The number of rotatable bonds is 2. The topological polar surface area (TPSA) is 12.5 Å². The van der Waals surface area contributed by atoms with Gasteiger partial charge < -0.3 is 9.64 Å². The predicted molar refractivity (Wildman–Crippen MR) is 63.3 cm³/mol. The van der Waals surface area contributed by atoms with Gasteiger partial charge in [-0.15, -0.1) is 0 Å². The summed E-state index contributed by atoms with van der Waals surface area (Å²) in [5.41, 5.74) is 0. The summed E-state index contributed by atoms with van der Waals surface area (Å²) in [5.74, 6) is 1.17. The third kappa shape index (κ3) is 3.17. The van der Waals surface area contributed by atoms with Crippen LogP contribution >= 0.6 is 0 Å². The van der Waals surface area contributed by atoms with Gasteiger partial charge in [0.05, 0.1) is 12.7 Å². The van der Waals surface area contributed by atoms with E-state index in [2.05, 4.69) is 18.7 Å². The summed E-state index contributed by atoms with van der Waals surface area (Å²) >= 11 is 0. The highest BCUT2D eigenvalue weighted by Crippen LogP contribution is 2.25. The van der Waals surface area contributed by atoms with Crippen molar-refractivity contribution in [3.63, 3.8) is 0 Å². The second-order valence-electron chi connectivity index (χ2n) is 5.69. The molecule has 0 radical (unpaired) electrons. The van der Waals surface area contributed by atoms with Crippen LogP contribution in [-0.2, 0) is 4.74 Å². The standard InChI is InChI=1S/C13H24FNO/c1-10-4-3-5-15(7-10)8-13-11(2)6-12(14)9-16-13/h10-13H,3-9H2,1-2H3/t10-,11+,12-,13-/m0/s1. The summed E-state index contributed by atoms with van der Waals surface area (Å²) < 4.78 is 18.7. The van der Waals surface area contributed by atoms with Gasteiger partial charge in [-0.05, 0) is 37.6 Å². The van der Waals surface area contributed by atoms with Crippen LogP contribution in [0.15, 0.2) is 0 Å². The number of hydrogen-bond acceptors (Lipinski definition) is 2. The van der Waals surface area contributed by atoms with Gasteiger partial charge in [-0.25, -0.2) is 4.39 Å². The maximum atomic E-state index is 13.1. The van der Waals surface area contributed by atoms with E-state index in [0.717, 1.165) is 12.5 Å². The van der Waals surface area contributed by atoms with Crippen molar-refractivity contribution in [1.29, 1.82) is 0 Å². The fourth-order valence-electron chi connectivity index (χ4n) is 2.96. The van der Waals surface area contributed by atoms with Crippen molar-refractivity contribution in [3.05, 3.63) is 0 Å². The lowest BCUT2D eigenvalue weighted by atomic mass is 9.93. The van der Waals surface area contributed by atoms with E-state index in [-0.39, 0.29) is 6.10 Å². The van der Waals surface area contributed by atoms with Crippen LogP contribution in [0.2, 0.25) is 0 Å². The Kier molecular flexibility index (Phi) is 4.20. The van der Waals surface area contributed by atoms with E-state index in [1.54, 1.807) is 0 Å². The van der Waals surface area contributed by atoms with Gasteiger partial charge in [-0.2, -0.15) is 0 Å². The molecule has 0 N–H and O–H groups in total. The molecule has 0 saturated carbocycles. The van der Waals surface area contributed by atoms with Crippen LogP contribution < -0.4 is 0 Å². The molecular formula is C13H24FNO. The van der Waals surface area contributed by atoms with Crippen molar-refractivity contribution in [1.82, 2.24) is 4.90 Å². The Morgan fingerprint density at radius 1 is 1.38 bits per heavy atom. The highest BCUT2D eigenvalue weighted by Gasteiger charge is 2.30. The SMILES string of the molecule is C[C@H]1CCCN(C[C@@H]2OC[C@@H](F)C[C@H]2C)C1. The van der Waals surface area contributed by atoms with Crippen LogP contribution in [0.1, 0.15) is 33.1 Å². The van der Waals surface area contributed by atoms with Gasteiger partial charge in [0, 0.05) is 13.1 Å². The largest absolute Gasteiger partial charge is 0.374 e. The van der Waals surface area contributed by atoms with E-state index in [0.29, 0.717) is 18.9 Å². The fraction of sp³-hybridized carbons (Fsp3) is 1.00. The maximum Gasteiger partial charge on any atom is 0.124 e. The highest BCUT2D eigenvalue weighted by molar-refractivity contribution is 4.80. The first-order chi connectivity index (χ1) is 7.65. The average Bonchev–Trinajstić information content (AvgIpc) is 2.22. The Balaban J connectivity index is 1.80. The Hall–Kier alpha value is -0.150. The van der Waals surface area contributed by atoms with E-state index < -0.39 is 6.17 Å². The quantitative estimate of drug-likeness (QED) is 0.721. The Labute approximate surface area is 98.1 Å². The third-order valence-corrected chi connectivity index (χ3v) is 3.93. The molecule has 2 nitrogen and oxygen atoms in total. The molecule has 0 aromatic heterocycles. The van der Waals surface area contributed by atoms with Crippen molar-refractivity contribution in [2.75, 3.05) is 26.2 Å². The molecule has 94 valence electrons. The average molecular weight is 229 g/mol. The summed E-state index contributed by atoms with van der Waals surface area (Å²) in [7, 11) is 0. The first-order valence-electron chi connectivity index (χ1n) is 6.63. The summed E-state index contributed by atoms with van der Waals surface area (Å²) in [6.45, 7) is 8.11. The van der Waals surface area contributed by atoms with E-state index in [1.807, 2.05) is 0 Å². The zero-order valence-corrected chi connectivity index (χ0v) is 10.5. The van der Waals surface area contributed by atoms with Gasteiger partial charge in [0.2, 0.25) is 0 Å². The second-order valence-corrected chi connectivity index (χ2v) is 5.69. The Morgan fingerprint density at radius 3 is 2.88 bits per heavy atom. The zero-order chi connectivity index (χ0) is 11.5. The first-order valence-corrected chi connectivity index (χ1v) is 6.63. The number of likely N-dealkylation sites (tertiary alicyclic amines) is 1. The minimum atomic E-state index is -0.744. The summed E-state index contributed by atoms with van der Waals surface area (Å²) in [6.07, 6.45) is 2.83. The van der Waals surface area contributed by atoms with E-state index in [9.17, 15) is 4.39 Å². The molecule has 0 unspecified atom stereocenters. The van der Waals surface area contributed by atoms with Crippen molar-refractivity contribution in [2.24, 2.45) is 11.8 Å². The van der Waals surface area contributed by atoms with Crippen molar-refractivity contribution in [3.8, 4) is 0 Å². The molecule has 0 aliphatic carbocycles. The van der Waals surface area contributed by atoms with E-state index in [1.165, 1.54) is 25.9 Å². The van der Waals surface area contributed by atoms with Crippen LogP contribution in [-0.4, -0.2) is 43.4 Å². The molecule has 0 aromatic carbocycles. The smallest absolute Gasteiger partial charge is 0.124 e. The summed E-state index contributed by atoms with van der Waals surface area (Å²) in [5, 5.41) is 0. The molecule has 2 saturated heterocycles. The Morgan fingerprint density at radius 2 is 2.19 bits per heavy atom. The van der Waals surface area contributed by atoms with Crippen molar-refractivity contribution < 1.29 is 9.13 Å². The minimum absolute atomic E-state index is 0.247. The number of ether oxygens (including phenoxy) is 1. The molecule has 4 atom stereocenters. The number of piperidine rings is 1. The molecule has 2 fully saturated rings. The molecule has 2 rings (SSSR count). The normalized spacial score (nSPS) is 42.2. The molecule has 3 heteroatoms. The second kappa shape index (κ2) is 5.46. The lowest BCUT2D eigenvalue weighted by Gasteiger charge is -2.38. The van der Waals surface area contributed by atoms with Crippen LogP contribution in [0, 0.1) is 11.8 Å². The summed E-state index contributed by atoms with van der Waals surface area (Å²) in [4.78, 5) is 2.49. The minimum Gasteiger partial charge on any atom is -0.374 e. The van der Waals surface area contributed by atoms with Crippen molar-refractivity contribution in [2.45, 2.75) is 45.4 Å². The van der Waals surface area contributed by atoms with Gasteiger partial charge in [0.15, 0.2) is 0 Å². The molecule has 2 heterocycles. The van der Waals surface area contributed by atoms with Crippen LogP contribution in [0.4, 0.5) is 4.39 Å². The Bertz CT molecular complexity index is 224. The number of halogens is 1. The third-order valence-electron chi connectivity index (χ3n) is 3.93. The predicted octanol–water partition coefficient (Wildman–Crippen LogP) is 2.48. The molecule has 2 aliphatic rings. The lowest BCUT2D eigenvalue weighted by molar-refractivity contribution is -0.0752. The maximum absolute atomic E-state index is 13.1. The van der Waals surface area contributed by atoms with Crippen molar-refractivity contribution >= 4 is 0 Å². The zero-order valence-electron chi connectivity index (χ0n) is 10.5. The van der Waals surface area contributed by atoms with Gasteiger partial charge in [-0.1, -0.05) is 13.8 Å². The molecule has 0 spiro atoms. The number of hydrogen-bond donors (Lipinski definition) is 0. The molecule has 0 aromatic rings. The van der Waals surface area contributed by atoms with Crippen LogP contribution in [0.3, 0.4) is 0 Å². The molecule has 2 aliphatic heterocycles. The molecule has 0 bridgehead atoms. The first kappa shape index (κ1) is 12.3. The molecule has 16 heavy (non-hydrogen) atoms. The van der Waals surface area contributed by atoms with Crippen LogP contribution in [0.25, 0.3) is 0 Å². The fourth-order valence-corrected chi connectivity index (χ4v) is 2.96.